The number of rotatable bonds is 4. The Kier molecular flexibility index (Phi) is 3.73. The standard InChI is InChI=1S/C17H15N5O2S/c1-10-8-14(22-21-10)19-15-12-4-2-3-5-13(12)18-17(20-15)25-7-6-11(9-25)16(23)24/h2-9,25H,1H3,(H,23,24)(H2,18,19,20,21,22). The molecule has 3 N–H and O–H groups in total. The van der Waals surface area contributed by atoms with Gasteiger partial charge in [-0.3, -0.25) is 5.10 Å². The molecule has 1 aliphatic rings. The Morgan fingerprint density at radius 1 is 1.28 bits per heavy atom. The topological polar surface area (TPSA) is 104 Å². The maximum Gasteiger partial charge on any atom is 0.336 e. The number of hydrogen-bond acceptors (Lipinski definition) is 5. The zero-order valence-electron chi connectivity index (χ0n) is 13.3. The summed E-state index contributed by atoms with van der Waals surface area (Å²) in [4.78, 5) is 20.4. The van der Waals surface area contributed by atoms with Gasteiger partial charge in [-0.15, -0.1) is 0 Å². The molecule has 0 bridgehead atoms. The third-order valence-electron chi connectivity index (χ3n) is 3.72. The molecule has 1 aliphatic heterocycles. The van der Waals surface area contributed by atoms with Crippen LogP contribution in [-0.2, 0) is 4.79 Å². The molecule has 0 saturated carbocycles. The van der Waals surface area contributed by atoms with Gasteiger partial charge >= 0.3 is 5.97 Å². The summed E-state index contributed by atoms with van der Waals surface area (Å²) >= 11 is 0. The molecule has 4 rings (SSSR count). The predicted molar refractivity (Wildman–Crippen MR) is 98.3 cm³/mol. The number of aromatic nitrogens is 4. The molecule has 0 amide bonds. The molecule has 25 heavy (non-hydrogen) atoms. The lowest BCUT2D eigenvalue weighted by Gasteiger charge is -2.13. The van der Waals surface area contributed by atoms with Crippen LogP contribution in [0.2, 0.25) is 0 Å². The van der Waals surface area contributed by atoms with Crippen LogP contribution < -0.4 is 5.32 Å². The van der Waals surface area contributed by atoms with Gasteiger partial charge in [0.15, 0.2) is 5.16 Å². The SMILES string of the molecule is Cc1cc(Nc2nc([SH]3C=CC(C(=O)O)=C3)nc3ccccc23)[nH]n1. The van der Waals surface area contributed by atoms with Crippen molar-refractivity contribution in [3.63, 3.8) is 0 Å². The molecule has 0 aliphatic carbocycles. The van der Waals surface area contributed by atoms with Crippen LogP contribution in [0.15, 0.2) is 58.0 Å². The minimum atomic E-state index is -0.982. The second-order valence-electron chi connectivity index (χ2n) is 5.55. The lowest BCUT2D eigenvalue weighted by atomic mass is 10.2. The monoisotopic (exact) mass is 353 g/mol. The zero-order valence-corrected chi connectivity index (χ0v) is 14.2. The molecule has 8 heteroatoms. The Balaban J connectivity index is 1.79. The number of benzene rings is 1. The second kappa shape index (κ2) is 6.06. The van der Waals surface area contributed by atoms with E-state index < -0.39 is 16.9 Å². The summed E-state index contributed by atoms with van der Waals surface area (Å²) in [6.07, 6.45) is 1.61. The van der Waals surface area contributed by atoms with E-state index >= 15 is 0 Å². The maximum absolute atomic E-state index is 11.1. The largest absolute Gasteiger partial charge is 0.478 e. The molecule has 7 nitrogen and oxygen atoms in total. The molecular weight excluding hydrogens is 338 g/mol. The minimum Gasteiger partial charge on any atom is -0.478 e. The van der Waals surface area contributed by atoms with Gasteiger partial charge in [0.2, 0.25) is 0 Å². The number of nitrogens with zero attached hydrogens (tertiary/aromatic N) is 3. The van der Waals surface area contributed by atoms with Crippen LogP contribution in [0.1, 0.15) is 5.69 Å². The first kappa shape index (κ1) is 15.4. The molecule has 3 aromatic rings. The van der Waals surface area contributed by atoms with E-state index in [9.17, 15) is 4.79 Å². The molecule has 0 radical (unpaired) electrons. The number of carbonyl (C=O) groups is 1. The highest BCUT2D eigenvalue weighted by Gasteiger charge is 2.17. The van der Waals surface area contributed by atoms with Gasteiger partial charge in [0.1, 0.15) is 11.6 Å². The van der Waals surface area contributed by atoms with Crippen LogP contribution in [0.25, 0.3) is 10.9 Å². The molecule has 2 aromatic heterocycles. The van der Waals surface area contributed by atoms with Crippen LogP contribution in [0.4, 0.5) is 11.6 Å². The molecule has 1 aromatic carbocycles. The number of carboxylic acid groups (broad SMARTS) is 1. The number of thiol groups is 1. The van der Waals surface area contributed by atoms with Crippen LogP contribution in [0.5, 0.6) is 0 Å². The van der Waals surface area contributed by atoms with E-state index in [4.69, 9.17) is 5.11 Å². The van der Waals surface area contributed by atoms with Gasteiger partial charge in [-0.05, 0) is 35.9 Å². The van der Waals surface area contributed by atoms with Crippen molar-refractivity contribution in [1.82, 2.24) is 20.2 Å². The third kappa shape index (κ3) is 2.99. The van der Waals surface area contributed by atoms with E-state index in [1.807, 2.05) is 42.7 Å². The van der Waals surface area contributed by atoms with Crippen molar-refractivity contribution in [2.75, 3.05) is 5.32 Å². The maximum atomic E-state index is 11.1. The van der Waals surface area contributed by atoms with E-state index in [1.165, 1.54) is 0 Å². The van der Waals surface area contributed by atoms with Crippen molar-refractivity contribution in [1.29, 1.82) is 0 Å². The van der Waals surface area contributed by atoms with Crippen LogP contribution >= 0.6 is 10.9 Å². The Bertz CT molecular complexity index is 1040. The average Bonchev–Trinajstić information content (AvgIpc) is 3.24. The zero-order chi connectivity index (χ0) is 17.4. The third-order valence-corrected chi connectivity index (χ3v) is 5.41. The molecule has 126 valence electrons. The first-order valence-electron chi connectivity index (χ1n) is 7.57. The summed E-state index contributed by atoms with van der Waals surface area (Å²) in [5.41, 5.74) is 1.96. The molecular formula is C17H15N5O2S. The van der Waals surface area contributed by atoms with Crippen LogP contribution in [-0.4, -0.2) is 31.2 Å². The number of aliphatic carboxylic acids is 1. The highest BCUT2D eigenvalue weighted by atomic mass is 32.2. The number of para-hydroxylation sites is 1. The Labute approximate surface area is 145 Å². The van der Waals surface area contributed by atoms with Gasteiger partial charge < -0.3 is 10.4 Å². The van der Waals surface area contributed by atoms with Crippen molar-refractivity contribution in [2.45, 2.75) is 12.1 Å². The lowest BCUT2D eigenvalue weighted by Crippen LogP contribution is -2.00. The number of hydrogen-bond donors (Lipinski definition) is 4. The van der Waals surface area contributed by atoms with Crippen molar-refractivity contribution >= 4 is 39.4 Å². The number of anilines is 2. The number of aryl methyl sites for hydroxylation is 1. The van der Waals surface area contributed by atoms with E-state index in [-0.39, 0.29) is 5.57 Å². The summed E-state index contributed by atoms with van der Waals surface area (Å²) in [7, 11) is -0.982. The number of aromatic amines is 1. The van der Waals surface area contributed by atoms with E-state index in [0.717, 1.165) is 22.4 Å². The molecule has 0 spiro atoms. The van der Waals surface area contributed by atoms with Gasteiger partial charge in [0.25, 0.3) is 0 Å². The van der Waals surface area contributed by atoms with Gasteiger partial charge in [0, 0.05) is 11.5 Å². The fourth-order valence-corrected chi connectivity index (χ4v) is 4.13. The van der Waals surface area contributed by atoms with Crippen molar-refractivity contribution < 1.29 is 9.90 Å². The number of H-pyrrole nitrogens is 1. The van der Waals surface area contributed by atoms with Crippen molar-refractivity contribution in [2.24, 2.45) is 0 Å². The fourth-order valence-electron chi connectivity index (χ4n) is 2.54. The fraction of sp³-hybridized carbons (Fsp3) is 0.0588. The number of nitrogens with one attached hydrogen (secondary N) is 2. The Morgan fingerprint density at radius 3 is 2.84 bits per heavy atom. The minimum absolute atomic E-state index is 0.279. The summed E-state index contributed by atoms with van der Waals surface area (Å²) in [6, 6.07) is 9.60. The van der Waals surface area contributed by atoms with Gasteiger partial charge in [-0.25, -0.2) is 14.8 Å². The van der Waals surface area contributed by atoms with Crippen molar-refractivity contribution in [3.05, 3.63) is 58.5 Å². The van der Waals surface area contributed by atoms with E-state index in [1.54, 1.807) is 11.5 Å². The highest BCUT2D eigenvalue weighted by molar-refractivity contribution is 8.22. The van der Waals surface area contributed by atoms with Crippen molar-refractivity contribution in [3.8, 4) is 0 Å². The highest BCUT2D eigenvalue weighted by Crippen LogP contribution is 2.43. The smallest absolute Gasteiger partial charge is 0.336 e. The molecule has 1 atom stereocenters. The van der Waals surface area contributed by atoms with E-state index in [2.05, 4.69) is 25.5 Å². The lowest BCUT2D eigenvalue weighted by molar-refractivity contribution is -0.132. The molecule has 3 heterocycles. The van der Waals surface area contributed by atoms with Gasteiger partial charge in [-0.2, -0.15) is 16.0 Å². The predicted octanol–water partition coefficient (Wildman–Crippen LogP) is 3.26. The average molecular weight is 353 g/mol. The first-order chi connectivity index (χ1) is 12.1. The summed E-state index contributed by atoms with van der Waals surface area (Å²) in [5.74, 6) is 0.467. The van der Waals surface area contributed by atoms with Gasteiger partial charge in [0.05, 0.1) is 16.8 Å². The molecule has 0 saturated heterocycles. The summed E-state index contributed by atoms with van der Waals surface area (Å²) in [5, 5.41) is 24.5. The van der Waals surface area contributed by atoms with E-state index in [0.29, 0.717) is 11.0 Å². The normalized spacial score (nSPS) is 17.6. The Morgan fingerprint density at radius 2 is 2.12 bits per heavy atom. The van der Waals surface area contributed by atoms with Gasteiger partial charge in [-0.1, -0.05) is 12.1 Å². The quantitative estimate of drug-likeness (QED) is 0.424. The summed E-state index contributed by atoms with van der Waals surface area (Å²) < 4.78 is 0. The number of fused-ring (bicyclic) bond motifs is 1. The van der Waals surface area contributed by atoms with Crippen LogP contribution in [0, 0.1) is 6.92 Å². The molecule has 0 fully saturated rings. The first-order valence-corrected chi connectivity index (χ1v) is 9.05. The van der Waals surface area contributed by atoms with Crippen LogP contribution in [0.3, 0.4) is 0 Å². The molecule has 1 unspecified atom stereocenters. The second-order valence-corrected chi connectivity index (χ2v) is 7.32. The number of carboxylic acids is 1. The Hall–Kier alpha value is -3.13. The summed E-state index contributed by atoms with van der Waals surface area (Å²) in [6.45, 7) is 1.90.